The van der Waals surface area contributed by atoms with E-state index in [1.165, 1.54) is 23.5 Å². The van der Waals surface area contributed by atoms with E-state index < -0.39 is 15.7 Å². The van der Waals surface area contributed by atoms with Crippen molar-refractivity contribution in [1.29, 1.82) is 0 Å². The fourth-order valence-electron chi connectivity index (χ4n) is 1.91. The van der Waals surface area contributed by atoms with E-state index >= 15 is 0 Å². The van der Waals surface area contributed by atoms with Crippen LogP contribution >= 0.6 is 27.3 Å². The van der Waals surface area contributed by atoms with Gasteiger partial charge < -0.3 is 0 Å². The quantitative estimate of drug-likeness (QED) is 0.661. The summed E-state index contributed by atoms with van der Waals surface area (Å²) in [5.74, 6) is -0.587. The molecule has 0 N–H and O–H groups in total. The zero-order valence-electron chi connectivity index (χ0n) is 10.8. The summed E-state index contributed by atoms with van der Waals surface area (Å²) in [5.41, 5.74) is 1.09. The van der Waals surface area contributed by atoms with Crippen LogP contribution in [0.5, 0.6) is 0 Å². The fourth-order valence-corrected chi connectivity index (χ4v) is 4.09. The molecule has 3 nitrogen and oxygen atoms in total. The number of nitrogens with zero attached hydrogens (tertiary/aromatic N) is 1. The smallest absolute Gasteiger partial charge is 0.175 e. The highest BCUT2D eigenvalue weighted by Gasteiger charge is 2.15. The van der Waals surface area contributed by atoms with Crippen LogP contribution < -0.4 is 0 Å². The van der Waals surface area contributed by atoms with Gasteiger partial charge in [0.2, 0.25) is 0 Å². The summed E-state index contributed by atoms with van der Waals surface area (Å²) in [6.45, 7) is 0. The van der Waals surface area contributed by atoms with Gasteiger partial charge in [-0.2, -0.15) is 0 Å². The summed E-state index contributed by atoms with van der Waals surface area (Å²) < 4.78 is 38.9. The van der Waals surface area contributed by atoms with E-state index in [2.05, 4.69) is 20.9 Å². The second-order valence-corrected chi connectivity index (χ2v) is 8.51. The highest BCUT2D eigenvalue weighted by atomic mass is 79.9. The van der Waals surface area contributed by atoms with Crippen molar-refractivity contribution in [1.82, 2.24) is 4.98 Å². The third kappa shape index (κ3) is 2.86. The van der Waals surface area contributed by atoms with Gasteiger partial charge in [-0.15, -0.1) is 11.3 Å². The van der Waals surface area contributed by atoms with Crippen molar-refractivity contribution in [3.05, 3.63) is 46.7 Å². The highest BCUT2D eigenvalue weighted by Crippen LogP contribution is 2.33. The minimum Gasteiger partial charge on any atom is -0.236 e. The normalized spacial score (nSPS) is 12.0. The van der Waals surface area contributed by atoms with Gasteiger partial charge >= 0.3 is 0 Å². The second-order valence-electron chi connectivity index (χ2n) is 4.54. The molecule has 21 heavy (non-hydrogen) atoms. The van der Waals surface area contributed by atoms with E-state index in [0.29, 0.717) is 10.6 Å². The molecule has 0 amide bonds. The first kappa shape index (κ1) is 14.6. The number of aromatic nitrogens is 1. The molecule has 0 unspecified atom stereocenters. The molecule has 0 fully saturated rings. The van der Waals surface area contributed by atoms with Crippen LogP contribution in [-0.4, -0.2) is 19.7 Å². The van der Waals surface area contributed by atoms with Gasteiger partial charge in [-0.25, -0.2) is 17.8 Å². The van der Waals surface area contributed by atoms with Crippen molar-refractivity contribution in [2.75, 3.05) is 6.26 Å². The molecule has 0 radical (unpaired) electrons. The van der Waals surface area contributed by atoms with E-state index in [0.717, 1.165) is 27.0 Å². The molecule has 1 heterocycles. The van der Waals surface area contributed by atoms with Crippen molar-refractivity contribution >= 4 is 47.3 Å². The molecule has 0 saturated heterocycles. The molecule has 0 aliphatic carbocycles. The molecule has 3 rings (SSSR count). The average Bonchev–Trinajstić information content (AvgIpc) is 2.80. The largest absolute Gasteiger partial charge is 0.236 e. The van der Waals surface area contributed by atoms with Crippen LogP contribution in [0.2, 0.25) is 0 Å². The number of benzene rings is 2. The number of rotatable bonds is 2. The number of hydrogen-bond donors (Lipinski definition) is 0. The maximum atomic E-state index is 14.2. The number of halogens is 2. The Bertz CT molecular complexity index is 951. The third-order valence-corrected chi connectivity index (χ3v) is 5.60. The van der Waals surface area contributed by atoms with Gasteiger partial charge in [0.05, 0.1) is 15.1 Å². The van der Waals surface area contributed by atoms with E-state index in [-0.39, 0.29) is 4.90 Å². The Morgan fingerprint density at radius 2 is 1.95 bits per heavy atom. The van der Waals surface area contributed by atoms with Crippen molar-refractivity contribution in [3.8, 4) is 10.6 Å². The van der Waals surface area contributed by atoms with Crippen LogP contribution in [0.3, 0.4) is 0 Å². The first-order valence-corrected chi connectivity index (χ1v) is 9.41. The van der Waals surface area contributed by atoms with E-state index in [1.54, 1.807) is 0 Å². The van der Waals surface area contributed by atoms with E-state index in [1.807, 2.05) is 18.2 Å². The third-order valence-electron chi connectivity index (χ3n) is 2.95. The van der Waals surface area contributed by atoms with Crippen molar-refractivity contribution in [3.63, 3.8) is 0 Å². The molecule has 0 aliphatic rings. The average molecular weight is 386 g/mol. The Hall–Kier alpha value is -1.31. The molecular formula is C14H9BrFNO2S2. The maximum Gasteiger partial charge on any atom is 0.175 e. The summed E-state index contributed by atoms with van der Waals surface area (Å²) in [4.78, 5) is 4.35. The second kappa shape index (κ2) is 5.15. The minimum absolute atomic E-state index is 0.0346. The molecule has 3 aromatic rings. The molecule has 0 spiro atoms. The maximum absolute atomic E-state index is 14.2. The molecule has 108 valence electrons. The van der Waals surface area contributed by atoms with Gasteiger partial charge in [-0.05, 0) is 36.4 Å². The van der Waals surface area contributed by atoms with E-state index in [9.17, 15) is 12.8 Å². The monoisotopic (exact) mass is 385 g/mol. The van der Waals surface area contributed by atoms with Crippen LogP contribution in [0, 0.1) is 5.82 Å². The SMILES string of the molecule is CS(=O)(=O)c1ccc(-c2nc3ccc(Br)cc3s2)c(F)c1. The summed E-state index contributed by atoms with van der Waals surface area (Å²) >= 11 is 4.74. The number of thiazole rings is 1. The first-order valence-electron chi connectivity index (χ1n) is 5.91. The number of fused-ring (bicyclic) bond motifs is 1. The lowest BCUT2D eigenvalue weighted by atomic mass is 10.2. The van der Waals surface area contributed by atoms with Gasteiger partial charge in [0.1, 0.15) is 10.8 Å². The van der Waals surface area contributed by atoms with Gasteiger partial charge in [0.25, 0.3) is 0 Å². The molecule has 0 aliphatic heterocycles. The summed E-state index contributed by atoms with van der Waals surface area (Å²) in [6, 6.07) is 9.53. The van der Waals surface area contributed by atoms with E-state index in [4.69, 9.17) is 0 Å². The zero-order valence-corrected chi connectivity index (χ0v) is 14.0. The molecule has 1 aromatic heterocycles. The van der Waals surface area contributed by atoms with Crippen LogP contribution in [0.25, 0.3) is 20.8 Å². The predicted molar refractivity (Wildman–Crippen MR) is 85.8 cm³/mol. The summed E-state index contributed by atoms with van der Waals surface area (Å²) in [7, 11) is -3.42. The Labute approximate surface area is 133 Å². The summed E-state index contributed by atoms with van der Waals surface area (Å²) in [5, 5.41) is 0.528. The fraction of sp³-hybridized carbons (Fsp3) is 0.0714. The topological polar surface area (TPSA) is 47.0 Å². The van der Waals surface area contributed by atoms with Crippen molar-refractivity contribution in [2.24, 2.45) is 0 Å². The standard InChI is InChI=1S/C14H9BrFNO2S2/c1-21(18,19)9-3-4-10(11(16)7-9)14-17-12-5-2-8(15)6-13(12)20-14/h2-7H,1H3. The Balaban J connectivity index is 2.14. The minimum atomic E-state index is -3.42. The van der Waals surface area contributed by atoms with Crippen LogP contribution in [0.15, 0.2) is 45.8 Å². The van der Waals surface area contributed by atoms with Gasteiger partial charge in [0.15, 0.2) is 9.84 Å². The molecular weight excluding hydrogens is 377 g/mol. The molecule has 0 bridgehead atoms. The highest BCUT2D eigenvalue weighted by molar-refractivity contribution is 9.10. The van der Waals surface area contributed by atoms with Gasteiger partial charge in [-0.1, -0.05) is 15.9 Å². The zero-order chi connectivity index (χ0) is 15.2. The Kier molecular flexibility index (Phi) is 3.59. The lowest BCUT2D eigenvalue weighted by Gasteiger charge is -2.02. The number of hydrogen-bond acceptors (Lipinski definition) is 4. The van der Waals surface area contributed by atoms with Crippen LogP contribution in [-0.2, 0) is 9.84 Å². The number of sulfone groups is 1. The molecule has 0 saturated carbocycles. The molecule has 2 aromatic carbocycles. The Morgan fingerprint density at radius 3 is 2.62 bits per heavy atom. The van der Waals surface area contributed by atoms with Crippen LogP contribution in [0.4, 0.5) is 4.39 Å². The molecule has 7 heteroatoms. The lowest BCUT2D eigenvalue weighted by molar-refractivity contribution is 0.596. The van der Waals surface area contributed by atoms with Crippen molar-refractivity contribution < 1.29 is 12.8 Å². The lowest BCUT2D eigenvalue weighted by Crippen LogP contribution is -1.98. The predicted octanol–water partition coefficient (Wildman–Crippen LogP) is 4.27. The summed E-state index contributed by atoms with van der Waals surface area (Å²) in [6.07, 6.45) is 1.05. The van der Waals surface area contributed by atoms with Crippen molar-refractivity contribution in [2.45, 2.75) is 4.90 Å². The molecule has 0 atom stereocenters. The van der Waals surface area contributed by atoms with Gasteiger partial charge in [-0.3, -0.25) is 0 Å². The first-order chi connectivity index (χ1) is 9.84. The van der Waals surface area contributed by atoms with Crippen LogP contribution in [0.1, 0.15) is 0 Å². The van der Waals surface area contributed by atoms with Gasteiger partial charge in [0, 0.05) is 16.3 Å². The Morgan fingerprint density at radius 1 is 1.19 bits per heavy atom.